The van der Waals surface area contributed by atoms with Gasteiger partial charge in [-0.1, -0.05) is 23.7 Å². The summed E-state index contributed by atoms with van der Waals surface area (Å²) in [5.74, 6) is 0. The van der Waals surface area contributed by atoms with Gasteiger partial charge >= 0.3 is 6.03 Å². The smallest absolute Gasteiger partial charge is 0.315 e. The van der Waals surface area contributed by atoms with Crippen LogP contribution in [-0.4, -0.2) is 19.3 Å². The van der Waals surface area contributed by atoms with Crippen LogP contribution in [0.2, 0.25) is 5.02 Å². The summed E-state index contributed by atoms with van der Waals surface area (Å²) in [7, 11) is 0. The summed E-state index contributed by atoms with van der Waals surface area (Å²) >= 11 is 5.87. The quantitative estimate of drug-likeness (QED) is 0.839. The van der Waals surface area contributed by atoms with Gasteiger partial charge in [-0.2, -0.15) is 0 Å². The number of urea groups is 1. The van der Waals surface area contributed by atoms with E-state index in [9.17, 15) is 9.18 Å². The van der Waals surface area contributed by atoms with E-state index in [0.717, 1.165) is 11.1 Å². The van der Waals surface area contributed by atoms with Crippen LogP contribution in [0.3, 0.4) is 0 Å². The molecule has 88 valence electrons. The number of benzene rings is 1. The van der Waals surface area contributed by atoms with Crippen molar-refractivity contribution >= 4 is 17.6 Å². The fourth-order valence-corrected chi connectivity index (χ4v) is 1.34. The molecule has 0 bridgehead atoms. The fraction of sp³-hybridized carbons (Fsp3) is 0.364. The highest BCUT2D eigenvalue weighted by Gasteiger charge is 2.01. The molecule has 2 amide bonds. The molecule has 1 aromatic carbocycles. The molecule has 0 aliphatic rings. The molecule has 0 saturated carbocycles. The van der Waals surface area contributed by atoms with Crippen molar-refractivity contribution in [2.45, 2.75) is 13.5 Å². The van der Waals surface area contributed by atoms with Crippen molar-refractivity contribution < 1.29 is 9.18 Å². The Morgan fingerprint density at radius 1 is 1.44 bits per heavy atom. The largest absolute Gasteiger partial charge is 0.336 e. The lowest BCUT2D eigenvalue weighted by atomic mass is 10.1. The predicted molar refractivity (Wildman–Crippen MR) is 62.4 cm³/mol. The van der Waals surface area contributed by atoms with Crippen LogP contribution in [-0.2, 0) is 6.54 Å². The van der Waals surface area contributed by atoms with Crippen LogP contribution in [0.4, 0.5) is 9.18 Å². The minimum absolute atomic E-state index is 0.0332. The molecule has 2 N–H and O–H groups in total. The number of halogens is 2. The van der Waals surface area contributed by atoms with Gasteiger partial charge in [0.05, 0.1) is 0 Å². The van der Waals surface area contributed by atoms with Crippen LogP contribution < -0.4 is 10.6 Å². The average Bonchev–Trinajstić information content (AvgIpc) is 2.28. The molecule has 0 unspecified atom stereocenters. The van der Waals surface area contributed by atoms with Crippen molar-refractivity contribution in [1.82, 2.24) is 10.6 Å². The minimum Gasteiger partial charge on any atom is -0.336 e. The molecule has 1 rings (SSSR count). The van der Waals surface area contributed by atoms with E-state index in [2.05, 4.69) is 10.6 Å². The number of hydrogen-bond donors (Lipinski definition) is 2. The van der Waals surface area contributed by atoms with E-state index in [1.807, 2.05) is 19.1 Å². The van der Waals surface area contributed by atoms with Gasteiger partial charge in [0.25, 0.3) is 0 Å². The molecular weight excluding hydrogens is 231 g/mol. The Balaban J connectivity index is 2.42. The van der Waals surface area contributed by atoms with Gasteiger partial charge in [-0.25, -0.2) is 9.18 Å². The number of carbonyl (C=O) groups excluding carboxylic acids is 1. The Kier molecular flexibility index (Phi) is 5.05. The highest BCUT2D eigenvalue weighted by atomic mass is 35.5. The lowest BCUT2D eigenvalue weighted by Gasteiger charge is -2.07. The van der Waals surface area contributed by atoms with Crippen LogP contribution in [0, 0.1) is 6.92 Å². The lowest BCUT2D eigenvalue weighted by Crippen LogP contribution is -2.36. The number of rotatable bonds is 4. The molecule has 0 atom stereocenters. The highest BCUT2D eigenvalue weighted by molar-refractivity contribution is 6.31. The number of hydrogen-bond acceptors (Lipinski definition) is 1. The molecule has 3 nitrogen and oxygen atoms in total. The van der Waals surface area contributed by atoms with Crippen LogP contribution in [0.5, 0.6) is 0 Å². The van der Waals surface area contributed by atoms with Crippen molar-refractivity contribution in [3.63, 3.8) is 0 Å². The van der Waals surface area contributed by atoms with E-state index in [1.54, 1.807) is 6.07 Å². The first kappa shape index (κ1) is 12.8. The van der Waals surface area contributed by atoms with E-state index < -0.39 is 6.67 Å². The summed E-state index contributed by atoms with van der Waals surface area (Å²) in [6.07, 6.45) is 0. The third-order valence-corrected chi connectivity index (χ3v) is 2.48. The minimum atomic E-state index is -0.562. The second kappa shape index (κ2) is 6.33. The first-order chi connectivity index (χ1) is 7.63. The van der Waals surface area contributed by atoms with Gasteiger partial charge in [0, 0.05) is 18.1 Å². The summed E-state index contributed by atoms with van der Waals surface area (Å²) < 4.78 is 11.8. The Hall–Kier alpha value is -1.29. The molecule has 0 aliphatic heterocycles. The molecule has 0 radical (unpaired) electrons. The molecule has 0 saturated heterocycles. The van der Waals surface area contributed by atoms with E-state index in [1.165, 1.54) is 0 Å². The second-order valence-electron chi connectivity index (χ2n) is 3.38. The zero-order valence-corrected chi connectivity index (χ0v) is 9.77. The maximum Gasteiger partial charge on any atom is 0.315 e. The number of carbonyl (C=O) groups is 1. The third-order valence-electron chi connectivity index (χ3n) is 2.06. The fourth-order valence-electron chi connectivity index (χ4n) is 1.22. The van der Waals surface area contributed by atoms with Gasteiger partial charge in [0.15, 0.2) is 0 Å². The molecule has 5 heteroatoms. The predicted octanol–water partition coefficient (Wildman–Crippen LogP) is 2.42. The van der Waals surface area contributed by atoms with Gasteiger partial charge in [-0.15, -0.1) is 0 Å². The molecule has 0 aromatic heterocycles. The van der Waals surface area contributed by atoms with E-state index in [-0.39, 0.29) is 12.6 Å². The van der Waals surface area contributed by atoms with Gasteiger partial charge in [-0.05, 0) is 24.1 Å². The number of aryl methyl sites for hydroxylation is 1. The highest BCUT2D eigenvalue weighted by Crippen LogP contribution is 2.15. The van der Waals surface area contributed by atoms with E-state index in [4.69, 9.17) is 11.6 Å². The summed E-state index contributed by atoms with van der Waals surface area (Å²) in [6, 6.07) is 5.15. The summed E-state index contributed by atoms with van der Waals surface area (Å²) in [4.78, 5) is 11.1. The zero-order chi connectivity index (χ0) is 12.0. The Bertz CT molecular complexity index is 371. The van der Waals surface area contributed by atoms with E-state index in [0.29, 0.717) is 11.6 Å². The third kappa shape index (κ3) is 4.06. The maximum atomic E-state index is 11.8. The van der Waals surface area contributed by atoms with Crippen molar-refractivity contribution in [2.75, 3.05) is 13.2 Å². The van der Waals surface area contributed by atoms with Gasteiger partial charge in [-0.3, -0.25) is 0 Å². The molecule has 0 aliphatic carbocycles. The van der Waals surface area contributed by atoms with Crippen molar-refractivity contribution in [3.8, 4) is 0 Å². The Morgan fingerprint density at radius 3 is 2.81 bits per heavy atom. The van der Waals surface area contributed by atoms with Crippen molar-refractivity contribution in [1.29, 1.82) is 0 Å². The topological polar surface area (TPSA) is 41.1 Å². The Labute approximate surface area is 99.0 Å². The first-order valence-corrected chi connectivity index (χ1v) is 5.34. The number of nitrogens with one attached hydrogen (secondary N) is 2. The van der Waals surface area contributed by atoms with Crippen molar-refractivity contribution in [2.24, 2.45) is 0 Å². The standard InChI is InChI=1S/C11H14ClFN2O/c1-8-6-9(2-3-10(8)12)7-15-11(16)14-5-4-13/h2-3,6H,4-5,7H2,1H3,(H2,14,15,16). The van der Waals surface area contributed by atoms with Crippen LogP contribution in [0.15, 0.2) is 18.2 Å². The van der Waals surface area contributed by atoms with Gasteiger partial charge in [0.1, 0.15) is 6.67 Å². The SMILES string of the molecule is Cc1cc(CNC(=O)NCCF)ccc1Cl. The monoisotopic (exact) mass is 244 g/mol. The molecule has 0 spiro atoms. The molecule has 16 heavy (non-hydrogen) atoms. The van der Waals surface area contributed by atoms with Crippen LogP contribution in [0.1, 0.15) is 11.1 Å². The van der Waals surface area contributed by atoms with Crippen LogP contribution >= 0.6 is 11.6 Å². The number of amides is 2. The molecule has 0 heterocycles. The zero-order valence-electron chi connectivity index (χ0n) is 9.02. The summed E-state index contributed by atoms with van der Waals surface area (Å²) in [5.41, 5.74) is 1.92. The lowest BCUT2D eigenvalue weighted by molar-refractivity contribution is 0.239. The normalized spacial score (nSPS) is 9.94. The van der Waals surface area contributed by atoms with E-state index >= 15 is 0 Å². The average molecular weight is 245 g/mol. The summed E-state index contributed by atoms with van der Waals surface area (Å²) in [6.45, 7) is 1.77. The molecular formula is C11H14ClFN2O. The first-order valence-electron chi connectivity index (χ1n) is 4.96. The maximum absolute atomic E-state index is 11.8. The summed E-state index contributed by atoms with van der Waals surface area (Å²) in [5, 5.41) is 5.70. The second-order valence-corrected chi connectivity index (χ2v) is 3.79. The van der Waals surface area contributed by atoms with Crippen molar-refractivity contribution in [3.05, 3.63) is 34.3 Å². The Morgan fingerprint density at radius 2 is 2.19 bits per heavy atom. The van der Waals surface area contributed by atoms with Gasteiger partial charge in [0.2, 0.25) is 0 Å². The molecule has 0 fully saturated rings. The number of alkyl halides is 1. The van der Waals surface area contributed by atoms with Crippen LogP contribution in [0.25, 0.3) is 0 Å². The van der Waals surface area contributed by atoms with Gasteiger partial charge < -0.3 is 10.6 Å². The molecule has 1 aromatic rings.